The Morgan fingerprint density at radius 1 is 1.30 bits per heavy atom. The first kappa shape index (κ1) is 16.3. The molecule has 0 unspecified atom stereocenters. The average Bonchev–Trinajstić information content (AvgIpc) is 2.38. The van der Waals surface area contributed by atoms with Gasteiger partial charge in [-0.2, -0.15) is 0 Å². The first-order valence-electron chi connectivity index (χ1n) is 6.94. The van der Waals surface area contributed by atoms with E-state index in [1.54, 1.807) is 6.07 Å². The van der Waals surface area contributed by atoms with Crippen molar-refractivity contribution in [2.75, 3.05) is 6.54 Å². The third-order valence-electron chi connectivity index (χ3n) is 3.09. The van der Waals surface area contributed by atoms with Gasteiger partial charge in [0.2, 0.25) is 5.91 Å². The number of hydrogen-bond donors (Lipinski definition) is 4. The number of hydrogen-bond acceptors (Lipinski definition) is 4. The molecule has 0 aliphatic carbocycles. The molecule has 5 nitrogen and oxygen atoms in total. The molecule has 1 amide bonds. The molecule has 1 atom stereocenters. The summed E-state index contributed by atoms with van der Waals surface area (Å²) in [6.07, 6.45) is 2.33. The summed E-state index contributed by atoms with van der Waals surface area (Å²) in [6, 6.07) is 3.79. The third-order valence-corrected chi connectivity index (χ3v) is 3.09. The predicted octanol–water partition coefficient (Wildman–Crippen LogP) is 1.52. The largest absolute Gasteiger partial charge is 0.504 e. The van der Waals surface area contributed by atoms with Crippen LogP contribution in [0.3, 0.4) is 0 Å². The second-order valence-corrected chi connectivity index (χ2v) is 5.46. The van der Waals surface area contributed by atoms with Crippen molar-refractivity contribution in [3.63, 3.8) is 0 Å². The fourth-order valence-corrected chi connectivity index (χ4v) is 1.90. The van der Waals surface area contributed by atoms with Gasteiger partial charge in [0.25, 0.3) is 0 Å². The quantitative estimate of drug-likeness (QED) is 0.450. The first-order chi connectivity index (χ1) is 9.40. The third kappa shape index (κ3) is 5.48. The molecule has 1 rings (SSSR count). The van der Waals surface area contributed by atoms with Gasteiger partial charge in [-0.25, -0.2) is 0 Å². The number of phenols is 2. The van der Waals surface area contributed by atoms with E-state index in [4.69, 9.17) is 5.73 Å². The minimum atomic E-state index is -0.655. The Balaban J connectivity index is 2.39. The molecule has 0 heterocycles. The lowest BCUT2D eigenvalue weighted by molar-refractivity contribution is -0.122. The van der Waals surface area contributed by atoms with Gasteiger partial charge >= 0.3 is 0 Å². The van der Waals surface area contributed by atoms with Gasteiger partial charge in [-0.15, -0.1) is 0 Å². The minimum absolute atomic E-state index is 0.180. The van der Waals surface area contributed by atoms with Gasteiger partial charge in [0.1, 0.15) is 0 Å². The minimum Gasteiger partial charge on any atom is -0.504 e. The van der Waals surface area contributed by atoms with Crippen molar-refractivity contribution in [2.24, 2.45) is 11.7 Å². The number of carbonyl (C=O) groups is 1. The van der Waals surface area contributed by atoms with Crippen molar-refractivity contribution in [3.05, 3.63) is 23.8 Å². The van der Waals surface area contributed by atoms with E-state index < -0.39 is 6.04 Å². The molecule has 0 saturated heterocycles. The molecule has 1 aromatic carbocycles. The lowest BCUT2D eigenvalue weighted by atomic mass is 10.0. The van der Waals surface area contributed by atoms with Gasteiger partial charge in [0, 0.05) is 6.54 Å². The Hall–Kier alpha value is -1.75. The van der Waals surface area contributed by atoms with E-state index in [0.29, 0.717) is 24.4 Å². The molecule has 0 spiro atoms. The molecule has 20 heavy (non-hydrogen) atoms. The van der Waals surface area contributed by atoms with Gasteiger partial charge in [0.15, 0.2) is 11.5 Å². The highest BCUT2D eigenvalue weighted by molar-refractivity contribution is 5.81. The van der Waals surface area contributed by atoms with Gasteiger partial charge in [-0.1, -0.05) is 19.9 Å². The van der Waals surface area contributed by atoms with Gasteiger partial charge in [0.05, 0.1) is 6.04 Å². The van der Waals surface area contributed by atoms with Crippen molar-refractivity contribution in [3.8, 4) is 11.5 Å². The van der Waals surface area contributed by atoms with E-state index in [2.05, 4.69) is 19.2 Å². The van der Waals surface area contributed by atoms with Crippen LogP contribution in [0, 0.1) is 5.92 Å². The van der Waals surface area contributed by atoms with E-state index in [1.165, 1.54) is 12.1 Å². The van der Waals surface area contributed by atoms with Crippen molar-refractivity contribution in [1.82, 2.24) is 5.32 Å². The molecule has 0 radical (unpaired) electrons. The molecule has 0 fully saturated rings. The van der Waals surface area contributed by atoms with Crippen LogP contribution in [-0.4, -0.2) is 28.7 Å². The highest BCUT2D eigenvalue weighted by Crippen LogP contribution is 2.25. The zero-order valence-electron chi connectivity index (χ0n) is 12.1. The Bertz CT molecular complexity index is 447. The van der Waals surface area contributed by atoms with Crippen LogP contribution in [0.2, 0.25) is 0 Å². The second-order valence-electron chi connectivity index (χ2n) is 5.46. The Morgan fingerprint density at radius 2 is 2.00 bits per heavy atom. The highest BCUT2D eigenvalue weighted by atomic mass is 16.3. The molecule has 0 aromatic heterocycles. The number of benzene rings is 1. The lowest BCUT2D eigenvalue weighted by Crippen LogP contribution is -2.42. The normalized spacial score (nSPS) is 12.4. The fourth-order valence-electron chi connectivity index (χ4n) is 1.90. The number of nitrogens with one attached hydrogen (secondary N) is 1. The van der Waals surface area contributed by atoms with Crippen LogP contribution >= 0.6 is 0 Å². The van der Waals surface area contributed by atoms with Gasteiger partial charge in [-0.05, 0) is 42.9 Å². The van der Waals surface area contributed by atoms with Crippen LogP contribution < -0.4 is 11.1 Å². The topological polar surface area (TPSA) is 95.6 Å². The molecule has 0 bridgehead atoms. The van der Waals surface area contributed by atoms with Crippen molar-refractivity contribution in [1.29, 1.82) is 0 Å². The average molecular weight is 280 g/mol. The smallest absolute Gasteiger partial charge is 0.237 e. The molecule has 0 saturated carbocycles. The van der Waals surface area contributed by atoms with Crippen LogP contribution in [0.1, 0.15) is 32.3 Å². The molecule has 5 N–H and O–H groups in total. The van der Waals surface area contributed by atoms with Crippen LogP contribution in [0.15, 0.2) is 18.2 Å². The summed E-state index contributed by atoms with van der Waals surface area (Å²) in [7, 11) is 0. The summed E-state index contributed by atoms with van der Waals surface area (Å²) in [5.41, 5.74) is 6.54. The summed E-state index contributed by atoms with van der Waals surface area (Å²) in [6.45, 7) is 4.92. The Kier molecular flexibility index (Phi) is 6.31. The maximum absolute atomic E-state index is 11.8. The molecule has 1 aromatic rings. The monoisotopic (exact) mass is 280 g/mol. The fraction of sp³-hybridized carbons (Fsp3) is 0.533. The zero-order chi connectivity index (χ0) is 15.1. The number of nitrogens with two attached hydrogens (primary N) is 1. The molecular weight excluding hydrogens is 256 g/mol. The van der Waals surface area contributed by atoms with Gasteiger partial charge in [-0.3, -0.25) is 4.79 Å². The number of phenolic OH excluding ortho intramolecular Hbond substituents is 2. The van der Waals surface area contributed by atoms with Crippen molar-refractivity contribution >= 4 is 5.91 Å². The SMILES string of the molecule is CC(C)CCCNC(=O)[C@@H](N)Cc1ccc(O)c(O)c1. The van der Waals surface area contributed by atoms with Crippen LogP contribution in [-0.2, 0) is 11.2 Å². The summed E-state index contributed by atoms with van der Waals surface area (Å²) in [5.74, 6) is 0.0503. The molecular formula is C15H24N2O3. The van der Waals surface area contributed by atoms with Crippen molar-refractivity contribution < 1.29 is 15.0 Å². The number of rotatable bonds is 7. The summed E-state index contributed by atoms with van der Waals surface area (Å²) in [5, 5.41) is 21.4. The number of aromatic hydroxyl groups is 2. The van der Waals surface area contributed by atoms with E-state index in [1.807, 2.05) is 0 Å². The van der Waals surface area contributed by atoms with E-state index in [-0.39, 0.29) is 17.4 Å². The summed E-state index contributed by atoms with van der Waals surface area (Å²) < 4.78 is 0. The van der Waals surface area contributed by atoms with E-state index in [0.717, 1.165) is 12.8 Å². The summed E-state index contributed by atoms with van der Waals surface area (Å²) in [4.78, 5) is 11.8. The lowest BCUT2D eigenvalue weighted by Gasteiger charge is -2.13. The predicted molar refractivity (Wildman–Crippen MR) is 78.5 cm³/mol. The van der Waals surface area contributed by atoms with Gasteiger partial charge < -0.3 is 21.3 Å². The Morgan fingerprint density at radius 3 is 2.60 bits per heavy atom. The Labute approximate surface area is 119 Å². The standard InChI is InChI=1S/C15H24N2O3/c1-10(2)4-3-7-17-15(20)12(16)8-11-5-6-13(18)14(19)9-11/h5-6,9-10,12,18-19H,3-4,7-8,16H2,1-2H3,(H,17,20)/t12-/m0/s1. The van der Waals surface area contributed by atoms with E-state index in [9.17, 15) is 15.0 Å². The molecule has 0 aliphatic rings. The molecule has 5 heteroatoms. The molecule has 0 aliphatic heterocycles. The maximum Gasteiger partial charge on any atom is 0.237 e. The first-order valence-corrected chi connectivity index (χ1v) is 6.94. The maximum atomic E-state index is 11.8. The number of amides is 1. The zero-order valence-corrected chi connectivity index (χ0v) is 12.1. The van der Waals surface area contributed by atoms with Crippen LogP contribution in [0.25, 0.3) is 0 Å². The van der Waals surface area contributed by atoms with E-state index >= 15 is 0 Å². The van der Waals surface area contributed by atoms with Crippen LogP contribution in [0.5, 0.6) is 11.5 Å². The highest BCUT2D eigenvalue weighted by Gasteiger charge is 2.14. The second kappa shape index (κ2) is 7.75. The van der Waals surface area contributed by atoms with Crippen molar-refractivity contribution in [2.45, 2.75) is 39.2 Å². The number of carbonyl (C=O) groups excluding carboxylic acids is 1. The van der Waals surface area contributed by atoms with Crippen LogP contribution in [0.4, 0.5) is 0 Å². The molecule has 112 valence electrons. The summed E-state index contributed by atoms with van der Waals surface area (Å²) >= 11 is 0.